The molecule has 3 heteroatoms. The van der Waals surface area contributed by atoms with Gasteiger partial charge in [-0.25, -0.2) is 4.98 Å². The van der Waals surface area contributed by atoms with Crippen LogP contribution in [-0.2, 0) is 0 Å². The highest BCUT2D eigenvalue weighted by atomic mass is 14.8. The number of rotatable bonds is 2. The second-order valence-corrected chi connectivity index (χ2v) is 5.04. The van der Waals surface area contributed by atoms with Crippen LogP contribution < -0.4 is 5.73 Å². The number of nitrogens with zero attached hydrogens (tertiary/aromatic N) is 2. The van der Waals surface area contributed by atoms with Crippen molar-refractivity contribution in [3.05, 3.63) is 29.6 Å². The smallest absolute Gasteiger partial charge is 0.112 e. The Kier molecular flexibility index (Phi) is 3.01. The van der Waals surface area contributed by atoms with Gasteiger partial charge >= 0.3 is 0 Å². The van der Waals surface area contributed by atoms with E-state index in [0.717, 1.165) is 28.0 Å². The van der Waals surface area contributed by atoms with Crippen molar-refractivity contribution in [2.75, 3.05) is 5.73 Å². The molecule has 0 saturated carbocycles. The minimum atomic E-state index is 0.387. The predicted molar refractivity (Wildman–Crippen MR) is 72.1 cm³/mol. The van der Waals surface area contributed by atoms with Gasteiger partial charge in [0.1, 0.15) is 5.52 Å². The summed E-state index contributed by atoms with van der Waals surface area (Å²) in [6, 6.07) is 4.07. The number of benzene rings is 1. The van der Waals surface area contributed by atoms with Crippen LogP contribution in [0.15, 0.2) is 18.3 Å². The predicted octanol–water partition coefficient (Wildman–Crippen LogP) is 3.46. The fourth-order valence-corrected chi connectivity index (χ4v) is 1.92. The molecule has 0 radical (unpaired) electrons. The summed E-state index contributed by atoms with van der Waals surface area (Å²) in [6.07, 6.45) is 1.83. The van der Waals surface area contributed by atoms with Crippen molar-refractivity contribution >= 4 is 16.7 Å². The van der Waals surface area contributed by atoms with Crippen molar-refractivity contribution in [1.82, 2.24) is 9.97 Å². The summed E-state index contributed by atoms with van der Waals surface area (Å²) in [7, 11) is 0. The zero-order valence-electron chi connectivity index (χ0n) is 10.9. The van der Waals surface area contributed by atoms with E-state index in [1.807, 2.05) is 12.3 Å². The van der Waals surface area contributed by atoms with Gasteiger partial charge in [-0.3, -0.25) is 4.98 Å². The first-order valence-corrected chi connectivity index (χ1v) is 6.05. The summed E-state index contributed by atoms with van der Waals surface area (Å²) in [4.78, 5) is 9.05. The number of aromatic nitrogens is 2. The Balaban J connectivity index is 2.64. The Labute approximate surface area is 102 Å². The third-order valence-electron chi connectivity index (χ3n) is 3.02. The standard InChI is InChI=1S/C14H19N3/c1-8(2)10-5-6-11-14(13(10)15)16-7-12(17-11)9(3)4/h5-9H,15H2,1-4H3. The molecule has 0 fully saturated rings. The molecule has 1 aromatic heterocycles. The molecule has 0 aliphatic carbocycles. The van der Waals surface area contributed by atoms with Crippen LogP contribution in [0.2, 0.25) is 0 Å². The Morgan fingerprint density at radius 3 is 2.35 bits per heavy atom. The third-order valence-corrected chi connectivity index (χ3v) is 3.02. The molecule has 0 spiro atoms. The molecule has 0 aliphatic rings. The molecular formula is C14H19N3. The van der Waals surface area contributed by atoms with Gasteiger partial charge in [0, 0.05) is 6.20 Å². The summed E-state index contributed by atoms with van der Waals surface area (Å²) in [6.45, 7) is 8.49. The molecule has 0 bridgehead atoms. The Morgan fingerprint density at radius 1 is 1.06 bits per heavy atom. The maximum atomic E-state index is 6.14. The van der Waals surface area contributed by atoms with Gasteiger partial charge in [-0.2, -0.15) is 0 Å². The van der Waals surface area contributed by atoms with E-state index in [9.17, 15) is 0 Å². The van der Waals surface area contributed by atoms with Crippen molar-refractivity contribution in [2.24, 2.45) is 0 Å². The lowest BCUT2D eigenvalue weighted by Gasteiger charge is -2.12. The van der Waals surface area contributed by atoms with E-state index in [4.69, 9.17) is 5.73 Å². The highest BCUT2D eigenvalue weighted by Crippen LogP contribution is 2.28. The van der Waals surface area contributed by atoms with Crippen LogP contribution in [0, 0.1) is 0 Å². The molecule has 2 aromatic rings. The Morgan fingerprint density at radius 2 is 1.76 bits per heavy atom. The number of hydrogen-bond donors (Lipinski definition) is 1. The lowest BCUT2D eigenvalue weighted by atomic mass is 10.00. The monoisotopic (exact) mass is 229 g/mol. The molecule has 0 aliphatic heterocycles. The lowest BCUT2D eigenvalue weighted by Crippen LogP contribution is -2.01. The lowest BCUT2D eigenvalue weighted by molar-refractivity contribution is 0.821. The molecule has 0 atom stereocenters. The van der Waals surface area contributed by atoms with Crippen LogP contribution in [0.3, 0.4) is 0 Å². The van der Waals surface area contributed by atoms with Gasteiger partial charge < -0.3 is 5.73 Å². The molecular weight excluding hydrogens is 210 g/mol. The second kappa shape index (κ2) is 4.32. The number of fused-ring (bicyclic) bond motifs is 1. The van der Waals surface area contributed by atoms with Crippen molar-refractivity contribution in [3.8, 4) is 0 Å². The van der Waals surface area contributed by atoms with E-state index in [0.29, 0.717) is 11.8 Å². The maximum Gasteiger partial charge on any atom is 0.112 e. The van der Waals surface area contributed by atoms with E-state index in [2.05, 4.69) is 43.7 Å². The first kappa shape index (κ1) is 11.8. The normalized spacial score (nSPS) is 11.6. The molecule has 90 valence electrons. The molecule has 2 N–H and O–H groups in total. The molecule has 0 amide bonds. The Hall–Kier alpha value is -1.64. The first-order chi connectivity index (χ1) is 8.00. The summed E-state index contributed by atoms with van der Waals surface area (Å²) < 4.78 is 0. The molecule has 2 rings (SSSR count). The summed E-state index contributed by atoms with van der Waals surface area (Å²) >= 11 is 0. The van der Waals surface area contributed by atoms with E-state index < -0.39 is 0 Å². The van der Waals surface area contributed by atoms with Crippen LogP contribution in [0.4, 0.5) is 5.69 Å². The average molecular weight is 229 g/mol. The van der Waals surface area contributed by atoms with Crippen LogP contribution in [-0.4, -0.2) is 9.97 Å². The van der Waals surface area contributed by atoms with Crippen molar-refractivity contribution in [1.29, 1.82) is 0 Å². The SMILES string of the molecule is CC(C)c1cnc2c(N)c(C(C)C)ccc2n1. The number of anilines is 1. The Bertz CT molecular complexity index is 544. The fraction of sp³-hybridized carbons (Fsp3) is 0.429. The molecule has 0 unspecified atom stereocenters. The van der Waals surface area contributed by atoms with Crippen molar-refractivity contribution < 1.29 is 0 Å². The number of hydrogen-bond acceptors (Lipinski definition) is 3. The largest absolute Gasteiger partial charge is 0.397 e. The van der Waals surface area contributed by atoms with Gasteiger partial charge in [0.15, 0.2) is 0 Å². The van der Waals surface area contributed by atoms with Gasteiger partial charge in [-0.05, 0) is 23.5 Å². The minimum Gasteiger partial charge on any atom is -0.397 e. The summed E-state index contributed by atoms with van der Waals surface area (Å²) in [5.41, 5.74) is 10.8. The van der Waals surface area contributed by atoms with Gasteiger partial charge in [0.2, 0.25) is 0 Å². The summed E-state index contributed by atoms with van der Waals surface area (Å²) in [5, 5.41) is 0. The number of nitrogen functional groups attached to an aromatic ring is 1. The number of nitrogens with two attached hydrogens (primary N) is 1. The van der Waals surface area contributed by atoms with Crippen LogP contribution in [0.1, 0.15) is 50.8 Å². The first-order valence-electron chi connectivity index (χ1n) is 6.05. The van der Waals surface area contributed by atoms with Crippen molar-refractivity contribution in [3.63, 3.8) is 0 Å². The molecule has 0 saturated heterocycles. The molecule has 3 nitrogen and oxygen atoms in total. The van der Waals surface area contributed by atoms with E-state index >= 15 is 0 Å². The average Bonchev–Trinajstić information content (AvgIpc) is 2.28. The van der Waals surface area contributed by atoms with Crippen LogP contribution >= 0.6 is 0 Å². The summed E-state index contributed by atoms with van der Waals surface area (Å²) in [5.74, 6) is 0.795. The highest BCUT2D eigenvalue weighted by molar-refractivity contribution is 5.88. The van der Waals surface area contributed by atoms with Crippen LogP contribution in [0.25, 0.3) is 11.0 Å². The zero-order chi connectivity index (χ0) is 12.6. The van der Waals surface area contributed by atoms with Gasteiger partial charge in [0.25, 0.3) is 0 Å². The van der Waals surface area contributed by atoms with E-state index in [1.165, 1.54) is 0 Å². The molecule has 17 heavy (non-hydrogen) atoms. The quantitative estimate of drug-likeness (QED) is 0.802. The minimum absolute atomic E-state index is 0.387. The van der Waals surface area contributed by atoms with Crippen LogP contribution in [0.5, 0.6) is 0 Å². The highest BCUT2D eigenvalue weighted by Gasteiger charge is 2.11. The second-order valence-electron chi connectivity index (χ2n) is 5.04. The van der Waals surface area contributed by atoms with Gasteiger partial charge in [-0.15, -0.1) is 0 Å². The third kappa shape index (κ3) is 2.09. The fourth-order valence-electron chi connectivity index (χ4n) is 1.92. The van der Waals surface area contributed by atoms with Gasteiger partial charge in [-0.1, -0.05) is 33.8 Å². The topological polar surface area (TPSA) is 51.8 Å². The molecule has 1 aromatic carbocycles. The molecule has 1 heterocycles. The van der Waals surface area contributed by atoms with E-state index in [-0.39, 0.29) is 0 Å². The zero-order valence-corrected chi connectivity index (χ0v) is 10.9. The van der Waals surface area contributed by atoms with Crippen molar-refractivity contribution in [2.45, 2.75) is 39.5 Å². The maximum absolute atomic E-state index is 6.14. The van der Waals surface area contributed by atoms with Gasteiger partial charge in [0.05, 0.1) is 16.9 Å². The van der Waals surface area contributed by atoms with E-state index in [1.54, 1.807) is 0 Å².